The van der Waals surface area contributed by atoms with E-state index in [2.05, 4.69) is 35.9 Å². The number of aromatic nitrogens is 6. The Hall–Kier alpha value is -3.99. The number of halogens is 1. The van der Waals surface area contributed by atoms with Gasteiger partial charge in [0.2, 0.25) is 0 Å². The second kappa shape index (κ2) is 17.7. The number of hydrogen-bond acceptors (Lipinski definition) is 14. The third-order valence-corrected chi connectivity index (χ3v) is 17.8. The lowest BCUT2D eigenvalue weighted by molar-refractivity contribution is 0.00578. The lowest BCUT2D eigenvalue weighted by Gasteiger charge is -2.32. The number of rotatable bonds is 6. The van der Waals surface area contributed by atoms with E-state index < -0.39 is 52.4 Å². The van der Waals surface area contributed by atoms with Gasteiger partial charge in [-0.05, 0) is 151 Å². The first-order chi connectivity index (χ1) is 31.2. The van der Waals surface area contributed by atoms with E-state index in [1.165, 1.54) is 26.8 Å². The Labute approximate surface area is 409 Å². The molecule has 0 atom stereocenters. The van der Waals surface area contributed by atoms with Gasteiger partial charge in [0.1, 0.15) is 12.7 Å². The van der Waals surface area contributed by atoms with Crippen LogP contribution in [0.1, 0.15) is 106 Å². The van der Waals surface area contributed by atoms with E-state index in [1.54, 1.807) is 54.7 Å². The smallest absolute Gasteiger partial charge is 0.405 e. The van der Waals surface area contributed by atoms with Crippen LogP contribution in [0.2, 0.25) is 0 Å². The Morgan fingerprint density at radius 2 is 0.794 bits per heavy atom. The number of fused-ring (bicyclic) bond motifs is 2. The van der Waals surface area contributed by atoms with Crippen molar-refractivity contribution in [3.05, 3.63) is 101 Å². The van der Waals surface area contributed by atoms with Gasteiger partial charge in [-0.15, -0.1) is 0 Å². The Balaban J connectivity index is 0.000000156. The number of benzene rings is 2. The largest absolute Gasteiger partial charge is 0.497 e. The zero-order valence-electron chi connectivity index (χ0n) is 41.6. The van der Waals surface area contributed by atoms with Gasteiger partial charge >= 0.3 is 21.1 Å². The molecule has 0 aliphatic carbocycles. The maximum Gasteiger partial charge on any atom is 0.497 e. The SMILES string of the molecule is CC1(C)OB(B2OC(C)(C)C(C)(C)O2)OC1(C)C.Cc1ccc(S(=O)(=O)n2cc(B3OC(C)(C)C(C)(C)O3)c3c(C)ncnc32)cc1.Cc1ccc(S(=O)(=O)n2cc(Br)c3c(C)ncnc32)cc1. The predicted molar refractivity (Wildman–Crippen MR) is 268 cm³/mol. The average Bonchev–Trinajstić information content (AvgIpc) is 3.97. The molecule has 16 nitrogen and oxygen atoms in total. The van der Waals surface area contributed by atoms with Gasteiger partial charge in [0.15, 0.2) is 11.3 Å². The molecule has 9 rings (SSSR count). The third kappa shape index (κ3) is 9.36. The first-order valence-corrected chi connectivity index (χ1v) is 25.9. The summed E-state index contributed by atoms with van der Waals surface area (Å²) in [6.07, 6.45) is 5.79. The zero-order valence-corrected chi connectivity index (χ0v) is 44.8. The fraction of sp³-hybridized carbons (Fsp3) is 0.478. The highest BCUT2D eigenvalue weighted by atomic mass is 79.9. The maximum absolute atomic E-state index is 13.4. The van der Waals surface area contributed by atoms with Crippen LogP contribution in [-0.2, 0) is 48.0 Å². The van der Waals surface area contributed by atoms with Crippen molar-refractivity contribution in [2.75, 3.05) is 0 Å². The van der Waals surface area contributed by atoms with Gasteiger partial charge in [-0.1, -0.05) is 35.4 Å². The highest BCUT2D eigenvalue weighted by Gasteiger charge is 2.64. The van der Waals surface area contributed by atoms with Crippen LogP contribution in [0.4, 0.5) is 0 Å². The monoisotopic (exact) mass is 1030 g/mol. The van der Waals surface area contributed by atoms with Gasteiger partial charge in [-0.25, -0.2) is 44.7 Å². The molecular formula is C46H60B3BrN6O10S2. The Morgan fingerprint density at radius 3 is 1.18 bits per heavy atom. The van der Waals surface area contributed by atoms with Crippen LogP contribution in [0, 0.1) is 27.7 Å². The van der Waals surface area contributed by atoms with Gasteiger partial charge < -0.3 is 27.9 Å². The molecule has 2 aromatic carbocycles. The van der Waals surface area contributed by atoms with Crippen molar-refractivity contribution in [2.45, 2.75) is 154 Å². The Kier molecular flexibility index (Phi) is 13.5. The predicted octanol–water partition coefficient (Wildman–Crippen LogP) is 7.88. The summed E-state index contributed by atoms with van der Waals surface area (Å²) in [5.74, 6) is 0. The van der Waals surface area contributed by atoms with Gasteiger partial charge in [0.25, 0.3) is 20.0 Å². The second-order valence-electron chi connectivity index (χ2n) is 20.4. The van der Waals surface area contributed by atoms with E-state index in [-0.39, 0.29) is 32.2 Å². The highest BCUT2D eigenvalue weighted by Crippen LogP contribution is 2.43. The summed E-state index contributed by atoms with van der Waals surface area (Å²) in [7, 11) is -9.20. The number of nitrogens with zero attached hydrogens (tertiary/aromatic N) is 6. The fourth-order valence-electron chi connectivity index (χ4n) is 7.52. The minimum atomic E-state index is -3.85. The van der Waals surface area contributed by atoms with Crippen LogP contribution < -0.4 is 5.46 Å². The molecule has 3 fully saturated rings. The molecule has 7 heterocycles. The minimum Gasteiger partial charge on any atom is -0.405 e. The Morgan fingerprint density at radius 1 is 0.471 bits per heavy atom. The molecule has 0 spiro atoms. The fourth-order valence-corrected chi connectivity index (χ4v) is 11.0. The lowest BCUT2D eigenvalue weighted by Crippen LogP contribution is -2.41. The average molecular weight is 1030 g/mol. The molecule has 0 radical (unpaired) electrons. The molecule has 0 saturated carbocycles. The molecule has 6 aromatic rings. The van der Waals surface area contributed by atoms with Gasteiger partial charge in [0, 0.05) is 33.4 Å². The van der Waals surface area contributed by atoms with E-state index >= 15 is 0 Å². The molecular weight excluding hydrogens is 973 g/mol. The quantitative estimate of drug-likeness (QED) is 0.147. The van der Waals surface area contributed by atoms with Crippen molar-refractivity contribution in [3.63, 3.8) is 0 Å². The summed E-state index contributed by atoms with van der Waals surface area (Å²) in [5.41, 5.74) is 2.12. The number of aryl methyl sites for hydroxylation is 4. The van der Waals surface area contributed by atoms with E-state index in [0.29, 0.717) is 37.7 Å². The summed E-state index contributed by atoms with van der Waals surface area (Å²) in [6.45, 7) is 31.5. The molecule has 3 saturated heterocycles. The molecule has 68 heavy (non-hydrogen) atoms. The summed E-state index contributed by atoms with van der Waals surface area (Å²) in [5, 5.41) is 1.33. The molecule has 362 valence electrons. The van der Waals surface area contributed by atoms with E-state index in [1.807, 2.05) is 111 Å². The Bertz CT molecular complexity index is 3020. The molecule has 4 aromatic heterocycles. The summed E-state index contributed by atoms with van der Waals surface area (Å²) >= 11 is 3.38. The molecule has 0 bridgehead atoms. The van der Waals surface area contributed by atoms with Gasteiger partial charge in [0.05, 0.1) is 54.5 Å². The van der Waals surface area contributed by atoms with Crippen molar-refractivity contribution >= 4 is 84.6 Å². The maximum atomic E-state index is 13.4. The molecule has 3 aliphatic rings. The van der Waals surface area contributed by atoms with Crippen LogP contribution in [0.15, 0.2) is 87.8 Å². The zero-order chi connectivity index (χ0) is 50.4. The third-order valence-electron chi connectivity index (χ3n) is 13.9. The van der Waals surface area contributed by atoms with E-state index in [4.69, 9.17) is 27.9 Å². The van der Waals surface area contributed by atoms with Crippen LogP contribution in [-0.4, -0.2) is 99.5 Å². The second-order valence-corrected chi connectivity index (χ2v) is 24.9. The van der Waals surface area contributed by atoms with Crippen molar-refractivity contribution in [1.29, 1.82) is 0 Å². The summed E-state index contributed by atoms with van der Waals surface area (Å²) < 4.78 is 91.5. The first kappa shape index (κ1) is 51.9. The van der Waals surface area contributed by atoms with Crippen molar-refractivity contribution in [1.82, 2.24) is 27.9 Å². The topological polar surface area (TPSA) is 185 Å². The van der Waals surface area contributed by atoms with Gasteiger partial charge in [-0.2, -0.15) is 0 Å². The van der Waals surface area contributed by atoms with Gasteiger partial charge in [-0.3, -0.25) is 0 Å². The molecule has 0 unspecified atom stereocenters. The summed E-state index contributed by atoms with van der Waals surface area (Å²) in [4.78, 5) is 17.2. The van der Waals surface area contributed by atoms with Crippen LogP contribution in [0.5, 0.6) is 0 Å². The first-order valence-electron chi connectivity index (χ1n) is 22.3. The number of hydrogen-bond donors (Lipinski definition) is 0. The van der Waals surface area contributed by atoms with Crippen LogP contribution >= 0.6 is 15.9 Å². The summed E-state index contributed by atoms with van der Waals surface area (Å²) in [6, 6.07) is 13.5. The normalized spacial score (nSPS) is 20.0. The molecule has 0 N–H and O–H groups in total. The van der Waals surface area contributed by atoms with Crippen molar-refractivity contribution in [3.8, 4) is 0 Å². The van der Waals surface area contributed by atoms with Crippen LogP contribution in [0.3, 0.4) is 0 Å². The van der Waals surface area contributed by atoms with Crippen molar-refractivity contribution in [2.24, 2.45) is 0 Å². The molecule has 0 amide bonds. The van der Waals surface area contributed by atoms with E-state index in [9.17, 15) is 16.8 Å². The standard InChI is InChI=1S/C20H24BN3O4S.C14H12BrN3O2S.C12H24B2O4/c1-13-7-9-15(10-8-13)29(25,26)24-11-16(17-14(2)22-12-23-18(17)24)21-27-19(3,4)20(5,6)28-21;1-9-3-5-11(6-4-9)21(19,20)18-7-12(15)13-10(2)16-8-17-14(13)18;1-9(2)10(3,4)16-13(15-9)14-17-11(5,6)12(7,8)18-14/h7-12H,1-6H3;3-8H,1-2H3;1-8H3. The van der Waals surface area contributed by atoms with E-state index in [0.717, 1.165) is 16.8 Å². The molecule has 22 heteroatoms. The highest BCUT2D eigenvalue weighted by molar-refractivity contribution is 9.10. The van der Waals surface area contributed by atoms with Crippen molar-refractivity contribution < 1.29 is 44.8 Å². The minimum absolute atomic E-state index is 0.191. The lowest BCUT2D eigenvalue weighted by atomic mass is 9.49. The molecule has 3 aliphatic heterocycles. The van der Waals surface area contributed by atoms with Crippen LogP contribution in [0.25, 0.3) is 22.1 Å².